The zero-order valence-corrected chi connectivity index (χ0v) is 15.4. The van der Waals surface area contributed by atoms with Crippen molar-refractivity contribution in [3.05, 3.63) is 0 Å². The second-order valence-electron chi connectivity index (χ2n) is 6.58. The van der Waals surface area contributed by atoms with Crippen molar-refractivity contribution >= 4 is 5.96 Å². The minimum Gasteiger partial charge on any atom is -0.356 e. The summed E-state index contributed by atoms with van der Waals surface area (Å²) in [6.45, 7) is 13.7. The average molecular weight is 312 g/mol. The number of rotatable bonds is 9. The lowest BCUT2D eigenvalue weighted by Gasteiger charge is -2.22. The molecule has 0 amide bonds. The highest BCUT2D eigenvalue weighted by atomic mass is 15.2. The van der Waals surface area contributed by atoms with Crippen LogP contribution in [-0.4, -0.2) is 75.2 Å². The Hall–Kier alpha value is -0.810. The first-order valence-electron chi connectivity index (χ1n) is 8.97. The second kappa shape index (κ2) is 10.8. The van der Waals surface area contributed by atoms with Gasteiger partial charge in [0.1, 0.15) is 0 Å². The Morgan fingerprint density at radius 3 is 2.64 bits per heavy atom. The largest absolute Gasteiger partial charge is 0.356 e. The first-order chi connectivity index (χ1) is 10.6. The van der Waals surface area contributed by atoms with Crippen molar-refractivity contribution in [1.82, 2.24) is 20.4 Å². The summed E-state index contributed by atoms with van der Waals surface area (Å²) < 4.78 is 0. The molecule has 2 N–H and O–H groups in total. The number of hydrogen-bond donors (Lipinski definition) is 2. The first kappa shape index (κ1) is 19.2. The SMILES string of the molecule is CCN(CC)CCCC(C)NC(=NC)NCC1CCN(C)C1. The van der Waals surface area contributed by atoms with Crippen LogP contribution in [-0.2, 0) is 0 Å². The number of aliphatic imine (C=N–C) groups is 1. The van der Waals surface area contributed by atoms with Gasteiger partial charge in [0.2, 0.25) is 0 Å². The maximum Gasteiger partial charge on any atom is 0.191 e. The minimum atomic E-state index is 0.466. The second-order valence-corrected chi connectivity index (χ2v) is 6.58. The highest BCUT2D eigenvalue weighted by Gasteiger charge is 2.19. The van der Waals surface area contributed by atoms with E-state index in [0.29, 0.717) is 6.04 Å². The van der Waals surface area contributed by atoms with E-state index in [-0.39, 0.29) is 0 Å². The van der Waals surface area contributed by atoms with Crippen LogP contribution < -0.4 is 10.6 Å². The molecule has 5 heteroatoms. The summed E-state index contributed by atoms with van der Waals surface area (Å²) in [6.07, 6.45) is 3.71. The van der Waals surface area contributed by atoms with Crippen LogP contribution in [0.15, 0.2) is 4.99 Å². The van der Waals surface area contributed by atoms with Gasteiger partial charge in [-0.1, -0.05) is 13.8 Å². The van der Waals surface area contributed by atoms with E-state index in [4.69, 9.17) is 0 Å². The van der Waals surface area contributed by atoms with Gasteiger partial charge >= 0.3 is 0 Å². The lowest BCUT2D eigenvalue weighted by molar-refractivity contribution is 0.292. The summed E-state index contributed by atoms with van der Waals surface area (Å²) in [6, 6.07) is 0.466. The molecule has 0 saturated carbocycles. The summed E-state index contributed by atoms with van der Waals surface area (Å²) in [5.41, 5.74) is 0. The zero-order chi connectivity index (χ0) is 16.4. The summed E-state index contributed by atoms with van der Waals surface area (Å²) in [4.78, 5) is 9.24. The summed E-state index contributed by atoms with van der Waals surface area (Å²) >= 11 is 0. The van der Waals surface area contributed by atoms with Crippen molar-refractivity contribution in [2.24, 2.45) is 10.9 Å². The van der Waals surface area contributed by atoms with Gasteiger partial charge in [-0.2, -0.15) is 0 Å². The van der Waals surface area contributed by atoms with Crippen LogP contribution in [0.3, 0.4) is 0 Å². The Morgan fingerprint density at radius 1 is 1.36 bits per heavy atom. The van der Waals surface area contributed by atoms with Crippen molar-refractivity contribution in [2.45, 2.75) is 46.1 Å². The van der Waals surface area contributed by atoms with Crippen molar-refractivity contribution < 1.29 is 0 Å². The summed E-state index contributed by atoms with van der Waals surface area (Å²) in [7, 11) is 4.06. The molecule has 130 valence electrons. The molecule has 1 heterocycles. The fourth-order valence-corrected chi connectivity index (χ4v) is 3.10. The molecule has 1 aliphatic rings. The predicted molar refractivity (Wildman–Crippen MR) is 96.6 cm³/mol. The number of guanidine groups is 1. The standard InChI is InChI=1S/C17H37N5/c1-6-22(7-2)11-8-9-15(3)20-17(18-4)19-13-16-10-12-21(5)14-16/h15-16H,6-14H2,1-5H3,(H2,18,19,20). The first-order valence-corrected chi connectivity index (χ1v) is 8.97. The molecule has 0 bridgehead atoms. The lowest BCUT2D eigenvalue weighted by Crippen LogP contribution is -2.44. The van der Waals surface area contributed by atoms with Crippen LogP contribution in [0.5, 0.6) is 0 Å². The molecule has 1 aliphatic heterocycles. The van der Waals surface area contributed by atoms with Gasteiger partial charge < -0.3 is 20.4 Å². The Bertz CT molecular complexity index is 314. The third-order valence-corrected chi connectivity index (χ3v) is 4.66. The van der Waals surface area contributed by atoms with Gasteiger partial charge in [0, 0.05) is 26.2 Å². The van der Waals surface area contributed by atoms with E-state index < -0.39 is 0 Å². The molecular formula is C17H37N5. The maximum atomic E-state index is 4.35. The van der Waals surface area contributed by atoms with E-state index in [0.717, 1.165) is 31.5 Å². The minimum absolute atomic E-state index is 0.466. The molecular weight excluding hydrogens is 274 g/mol. The molecule has 1 rings (SSSR count). The molecule has 0 radical (unpaired) electrons. The molecule has 0 spiro atoms. The van der Waals surface area contributed by atoms with E-state index in [1.807, 2.05) is 7.05 Å². The Kier molecular flexibility index (Phi) is 9.48. The van der Waals surface area contributed by atoms with Gasteiger partial charge in [0.15, 0.2) is 5.96 Å². The van der Waals surface area contributed by atoms with Crippen LogP contribution in [0.25, 0.3) is 0 Å². The summed E-state index contributed by atoms with van der Waals surface area (Å²) in [5, 5.41) is 7.00. The Labute approximate surface area is 137 Å². The van der Waals surface area contributed by atoms with Crippen molar-refractivity contribution in [3.8, 4) is 0 Å². The van der Waals surface area contributed by atoms with Crippen molar-refractivity contribution in [2.75, 3.05) is 53.4 Å². The maximum absolute atomic E-state index is 4.35. The van der Waals surface area contributed by atoms with Crippen LogP contribution >= 0.6 is 0 Å². The van der Waals surface area contributed by atoms with Gasteiger partial charge in [0.05, 0.1) is 0 Å². The van der Waals surface area contributed by atoms with Gasteiger partial charge in [0.25, 0.3) is 0 Å². The molecule has 0 aromatic heterocycles. The van der Waals surface area contributed by atoms with Gasteiger partial charge in [-0.05, 0) is 65.3 Å². The number of nitrogens with zero attached hydrogens (tertiary/aromatic N) is 3. The molecule has 1 fully saturated rings. The lowest BCUT2D eigenvalue weighted by atomic mass is 10.1. The van der Waals surface area contributed by atoms with Crippen LogP contribution in [0.2, 0.25) is 0 Å². The molecule has 2 atom stereocenters. The molecule has 5 nitrogen and oxygen atoms in total. The number of nitrogens with one attached hydrogen (secondary N) is 2. The van der Waals surface area contributed by atoms with E-state index in [9.17, 15) is 0 Å². The molecule has 0 aromatic carbocycles. The van der Waals surface area contributed by atoms with E-state index in [1.54, 1.807) is 0 Å². The molecule has 0 aliphatic carbocycles. The van der Waals surface area contributed by atoms with Crippen LogP contribution in [0.1, 0.15) is 40.0 Å². The van der Waals surface area contributed by atoms with Crippen LogP contribution in [0, 0.1) is 5.92 Å². The molecule has 2 unspecified atom stereocenters. The third-order valence-electron chi connectivity index (χ3n) is 4.66. The molecule has 0 aromatic rings. The molecule has 22 heavy (non-hydrogen) atoms. The van der Waals surface area contributed by atoms with Crippen molar-refractivity contribution in [3.63, 3.8) is 0 Å². The Morgan fingerprint density at radius 2 is 2.09 bits per heavy atom. The fraction of sp³-hybridized carbons (Fsp3) is 0.941. The van der Waals surface area contributed by atoms with E-state index >= 15 is 0 Å². The topological polar surface area (TPSA) is 42.9 Å². The monoisotopic (exact) mass is 311 g/mol. The van der Waals surface area contributed by atoms with Gasteiger partial charge in [-0.3, -0.25) is 4.99 Å². The van der Waals surface area contributed by atoms with Gasteiger partial charge in [-0.15, -0.1) is 0 Å². The van der Waals surface area contributed by atoms with Gasteiger partial charge in [-0.25, -0.2) is 0 Å². The normalized spacial score (nSPS) is 21.4. The summed E-state index contributed by atoms with van der Waals surface area (Å²) in [5.74, 6) is 1.70. The van der Waals surface area contributed by atoms with E-state index in [1.165, 1.54) is 38.9 Å². The zero-order valence-electron chi connectivity index (χ0n) is 15.4. The smallest absolute Gasteiger partial charge is 0.191 e. The predicted octanol–water partition coefficient (Wildman–Crippen LogP) is 1.61. The fourth-order valence-electron chi connectivity index (χ4n) is 3.10. The highest BCUT2D eigenvalue weighted by molar-refractivity contribution is 5.79. The van der Waals surface area contributed by atoms with Crippen LogP contribution in [0.4, 0.5) is 0 Å². The van der Waals surface area contributed by atoms with E-state index in [2.05, 4.69) is 53.2 Å². The van der Waals surface area contributed by atoms with Crippen molar-refractivity contribution in [1.29, 1.82) is 0 Å². The third kappa shape index (κ3) is 7.45. The number of hydrogen-bond acceptors (Lipinski definition) is 3. The average Bonchev–Trinajstić information content (AvgIpc) is 2.93. The highest BCUT2D eigenvalue weighted by Crippen LogP contribution is 2.12. The quantitative estimate of drug-likeness (QED) is 0.501. The molecule has 1 saturated heterocycles. The Balaban J connectivity index is 2.18. The number of likely N-dealkylation sites (tertiary alicyclic amines) is 1.